The van der Waals surface area contributed by atoms with Crippen LogP contribution in [-0.2, 0) is 11.4 Å². The van der Waals surface area contributed by atoms with Gasteiger partial charge >= 0.3 is 0 Å². The van der Waals surface area contributed by atoms with Crippen molar-refractivity contribution in [3.63, 3.8) is 0 Å². The number of hydroxylamine groups is 1. The fourth-order valence-electron chi connectivity index (χ4n) is 1.40. The first-order valence-electron chi connectivity index (χ1n) is 4.32. The van der Waals surface area contributed by atoms with Crippen LogP contribution < -0.4 is 5.48 Å². The number of hydrogen-bond acceptors (Lipinski definition) is 2. The standard InChI is InChI=1S/C10H11ClN2O/c1-14-13-5-7-2-3-8-9(11)6-12-10(8)4-7/h2-4,6,12-13H,5H2,1H3. The molecule has 0 aliphatic heterocycles. The van der Waals surface area contributed by atoms with E-state index in [4.69, 9.17) is 16.4 Å². The Kier molecular flexibility index (Phi) is 2.72. The Morgan fingerprint density at radius 1 is 1.50 bits per heavy atom. The van der Waals surface area contributed by atoms with Crippen molar-refractivity contribution in [2.75, 3.05) is 7.11 Å². The second kappa shape index (κ2) is 4.00. The van der Waals surface area contributed by atoms with Crippen molar-refractivity contribution in [1.82, 2.24) is 10.5 Å². The van der Waals surface area contributed by atoms with E-state index in [0.29, 0.717) is 6.54 Å². The minimum absolute atomic E-state index is 0.684. The van der Waals surface area contributed by atoms with Gasteiger partial charge < -0.3 is 9.82 Å². The maximum atomic E-state index is 5.96. The fourth-order valence-corrected chi connectivity index (χ4v) is 1.62. The first-order chi connectivity index (χ1) is 6.81. The van der Waals surface area contributed by atoms with Crippen molar-refractivity contribution in [1.29, 1.82) is 0 Å². The van der Waals surface area contributed by atoms with E-state index in [1.165, 1.54) is 0 Å². The molecule has 1 aromatic carbocycles. The summed E-state index contributed by atoms with van der Waals surface area (Å²) in [6, 6.07) is 6.07. The van der Waals surface area contributed by atoms with E-state index < -0.39 is 0 Å². The molecule has 14 heavy (non-hydrogen) atoms. The van der Waals surface area contributed by atoms with Gasteiger partial charge in [0.15, 0.2) is 0 Å². The van der Waals surface area contributed by atoms with Crippen LogP contribution in [0.2, 0.25) is 5.02 Å². The van der Waals surface area contributed by atoms with E-state index in [0.717, 1.165) is 21.5 Å². The zero-order valence-electron chi connectivity index (χ0n) is 7.80. The lowest BCUT2D eigenvalue weighted by molar-refractivity contribution is 0.0867. The van der Waals surface area contributed by atoms with Crippen LogP contribution in [-0.4, -0.2) is 12.1 Å². The van der Waals surface area contributed by atoms with Crippen molar-refractivity contribution < 1.29 is 4.84 Å². The van der Waals surface area contributed by atoms with E-state index in [9.17, 15) is 0 Å². The summed E-state index contributed by atoms with van der Waals surface area (Å²) in [5, 5.41) is 1.80. The molecule has 1 heterocycles. The Morgan fingerprint density at radius 3 is 3.14 bits per heavy atom. The first kappa shape index (κ1) is 9.52. The van der Waals surface area contributed by atoms with Gasteiger partial charge in [-0.3, -0.25) is 0 Å². The third kappa shape index (κ3) is 1.75. The van der Waals surface area contributed by atoms with Gasteiger partial charge in [0.05, 0.1) is 12.1 Å². The van der Waals surface area contributed by atoms with Gasteiger partial charge in [0.1, 0.15) is 0 Å². The van der Waals surface area contributed by atoms with Gasteiger partial charge in [0.2, 0.25) is 0 Å². The van der Waals surface area contributed by atoms with Gasteiger partial charge in [-0.15, -0.1) is 0 Å². The summed E-state index contributed by atoms with van der Waals surface area (Å²) in [5.41, 5.74) is 4.99. The van der Waals surface area contributed by atoms with Crippen molar-refractivity contribution >= 4 is 22.5 Å². The summed E-state index contributed by atoms with van der Waals surface area (Å²) in [7, 11) is 1.60. The molecule has 0 bridgehead atoms. The highest BCUT2D eigenvalue weighted by atomic mass is 35.5. The molecule has 0 spiro atoms. The highest BCUT2D eigenvalue weighted by molar-refractivity contribution is 6.35. The lowest BCUT2D eigenvalue weighted by atomic mass is 10.2. The molecule has 0 aliphatic rings. The second-order valence-electron chi connectivity index (χ2n) is 3.04. The molecule has 0 saturated carbocycles. The number of hydrogen-bond donors (Lipinski definition) is 2. The Bertz CT molecular complexity index is 439. The molecular formula is C10H11ClN2O. The summed E-state index contributed by atoms with van der Waals surface area (Å²) >= 11 is 5.96. The molecule has 3 nitrogen and oxygen atoms in total. The molecule has 74 valence electrons. The van der Waals surface area contributed by atoms with Crippen LogP contribution in [0, 0.1) is 0 Å². The van der Waals surface area contributed by atoms with Gasteiger partial charge in [-0.2, -0.15) is 5.48 Å². The first-order valence-corrected chi connectivity index (χ1v) is 4.70. The number of H-pyrrole nitrogens is 1. The van der Waals surface area contributed by atoms with Crippen LogP contribution in [0.15, 0.2) is 24.4 Å². The van der Waals surface area contributed by atoms with Crippen LogP contribution >= 0.6 is 11.6 Å². The fraction of sp³-hybridized carbons (Fsp3) is 0.200. The molecule has 0 atom stereocenters. The second-order valence-corrected chi connectivity index (χ2v) is 3.45. The Balaban J connectivity index is 2.32. The number of aromatic nitrogens is 1. The highest BCUT2D eigenvalue weighted by Crippen LogP contribution is 2.23. The monoisotopic (exact) mass is 210 g/mol. The summed E-state index contributed by atoms with van der Waals surface area (Å²) < 4.78 is 0. The van der Waals surface area contributed by atoms with Crippen LogP contribution in [0.5, 0.6) is 0 Å². The minimum Gasteiger partial charge on any atom is -0.360 e. The van der Waals surface area contributed by atoms with Crippen molar-refractivity contribution in [3.05, 3.63) is 35.0 Å². The van der Waals surface area contributed by atoms with Crippen LogP contribution in [0.4, 0.5) is 0 Å². The minimum atomic E-state index is 0.684. The van der Waals surface area contributed by atoms with Gasteiger partial charge in [-0.25, -0.2) is 0 Å². The predicted molar refractivity (Wildman–Crippen MR) is 57.2 cm³/mol. The topological polar surface area (TPSA) is 37.0 Å². The number of nitrogens with one attached hydrogen (secondary N) is 2. The smallest absolute Gasteiger partial charge is 0.0659 e. The normalized spacial score (nSPS) is 11.0. The number of rotatable bonds is 3. The van der Waals surface area contributed by atoms with E-state index in [-0.39, 0.29) is 0 Å². The lowest BCUT2D eigenvalue weighted by Crippen LogP contribution is -2.10. The molecule has 1 aromatic heterocycles. The van der Waals surface area contributed by atoms with Crippen molar-refractivity contribution in [3.8, 4) is 0 Å². The third-order valence-corrected chi connectivity index (χ3v) is 2.43. The van der Waals surface area contributed by atoms with Gasteiger partial charge in [0, 0.05) is 23.6 Å². The van der Waals surface area contributed by atoms with Crippen molar-refractivity contribution in [2.45, 2.75) is 6.54 Å². The molecule has 2 rings (SSSR count). The van der Waals surface area contributed by atoms with E-state index >= 15 is 0 Å². The van der Waals surface area contributed by atoms with E-state index in [1.54, 1.807) is 13.3 Å². The molecule has 2 N–H and O–H groups in total. The molecule has 0 radical (unpaired) electrons. The Hall–Kier alpha value is -1.03. The van der Waals surface area contributed by atoms with Crippen LogP contribution in [0.25, 0.3) is 10.9 Å². The van der Waals surface area contributed by atoms with Gasteiger partial charge in [-0.05, 0) is 11.6 Å². The van der Waals surface area contributed by atoms with Crippen LogP contribution in [0.1, 0.15) is 5.56 Å². The summed E-state index contributed by atoms with van der Waals surface area (Å²) in [6.45, 7) is 0.684. The molecule has 0 aliphatic carbocycles. The van der Waals surface area contributed by atoms with E-state index in [2.05, 4.69) is 10.5 Å². The zero-order chi connectivity index (χ0) is 9.97. The van der Waals surface area contributed by atoms with Gasteiger partial charge in [0.25, 0.3) is 0 Å². The molecule has 0 fully saturated rings. The number of aromatic amines is 1. The maximum Gasteiger partial charge on any atom is 0.0659 e. The summed E-state index contributed by atoms with van der Waals surface area (Å²) in [5.74, 6) is 0. The SMILES string of the molecule is CONCc1ccc2c(Cl)c[nH]c2c1. The summed E-state index contributed by atoms with van der Waals surface area (Å²) in [4.78, 5) is 7.88. The molecule has 0 unspecified atom stereocenters. The Labute approximate surface area is 87.0 Å². The predicted octanol–water partition coefficient (Wildman–Crippen LogP) is 2.47. The Morgan fingerprint density at radius 2 is 2.36 bits per heavy atom. The number of benzene rings is 1. The van der Waals surface area contributed by atoms with E-state index in [1.807, 2.05) is 18.2 Å². The molecule has 4 heteroatoms. The molecule has 2 aromatic rings. The highest BCUT2D eigenvalue weighted by Gasteiger charge is 2.01. The third-order valence-electron chi connectivity index (χ3n) is 2.12. The van der Waals surface area contributed by atoms with Gasteiger partial charge in [-0.1, -0.05) is 23.7 Å². The number of fused-ring (bicyclic) bond motifs is 1. The van der Waals surface area contributed by atoms with Crippen molar-refractivity contribution in [2.24, 2.45) is 0 Å². The quantitative estimate of drug-likeness (QED) is 0.764. The largest absolute Gasteiger partial charge is 0.360 e. The molecular weight excluding hydrogens is 200 g/mol. The average molecular weight is 211 g/mol. The molecule has 0 saturated heterocycles. The summed E-state index contributed by atoms with van der Waals surface area (Å²) in [6.07, 6.45) is 1.79. The van der Waals surface area contributed by atoms with Crippen LogP contribution in [0.3, 0.4) is 0 Å². The molecule has 0 amide bonds. The maximum absolute atomic E-state index is 5.96. The zero-order valence-corrected chi connectivity index (χ0v) is 8.56. The lowest BCUT2D eigenvalue weighted by Gasteiger charge is -2.01. The number of halogens is 1. The average Bonchev–Trinajstić information content (AvgIpc) is 2.57.